The first-order valence-corrected chi connectivity index (χ1v) is 7.02. The quantitative estimate of drug-likeness (QED) is 0.826. The van der Waals surface area contributed by atoms with Gasteiger partial charge in [-0.25, -0.2) is 8.42 Å². The number of hydrogen-bond donors (Lipinski definition) is 0. The maximum absolute atomic E-state index is 11.5. The van der Waals surface area contributed by atoms with E-state index >= 15 is 0 Å². The van der Waals surface area contributed by atoms with Crippen molar-refractivity contribution in [3.05, 3.63) is 35.6 Å². The number of fused-ring (bicyclic) bond motifs is 1. The molecule has 0 saturated heterocycles. The Morgan fingerprint density at radius 2 is 2.06 bits per heavy atom. The van der Waals surface area contributed by atoms with Crippen molar-refractivity contribution in [1.29, 1.82) is 0 Å². The SMILES string of the molecule is CCS(=O)(=O)Cc1cc2cccc(C)c2o1. The fourth-order valence-corrected chi connectivity index (χ4v) is 2.43. The van der Waals surface area contributed by atoms with Gasteiger partial charge in [-0.2, -0.15) is 0 Å². The van der Waals surface area contributed by atoms with E-state index in [-0.39, 0.29) is 11.5 Å². The summed E-state index contributed by atoms with van der Waals surface area (Å²) in [5.74, 6) is 0.645. The third-order valence-corrected chi connectivity index (χ3v) is 4.20. The van der Waals surface area contributed by atoms with E-state index in [0.29, 0.717) is 5.76 Å². The van der Waals surface area contributed by atoms with Crippen molar-refractivity contribution in [3.63, 3.8) is 0 Å². The van der Waals surface area contributed by atoms with Gasteiger partial charge in [0.1, 0.15) is 17.1 Å². The molecule has 0 unspecified atom stereocenters. The molecular formula is C12H14O3S. The largest absolute Gasteiger partial charge is 0.460 e. The lowest BCUT2D eigenvalue weighted by Crippen LogP contribution is -2.05. The summed E-state index contributed by atoms with van der Waals surface area (Å²) in [7, 11) is -3.03. The minimum Gasteiger partial charge on any atom is -0.460 e. The van der Waals surface area contributed by atoms with Gasteiger partial charge in [0.15, 0.2) is 9.84 Å². The smallest absolute Gasteiger partial charge is 0.157 e. The molecule has 86 valence electrons. The molecule has 0 fully saturated rings. The van der Waals surface area contributed by atoms with Crippen LogP contribution in [0.1, 0.15) is 18.2 Å². The van der Waals surface area contributed by atoms with E-state index in [9.17, 15) is 8.42 Å². The summed E-state index contributed by atoms with van der Waals surface area (Å²) in [6.45, 7) is 3.59. The summed E-state index contributed by atoms with van der Waals surface area (Å²) in [5.41, 5.74) is 1.81. The minimum absolute atomic E-state index is 0.0162. The zero-order valence-electron chi connectivity index (χ0n) is 9.36. The highest BCUT2D eigenvalue weighted by molar-refractivity contribution is 7.90. The monoisotopic (exact) mass is 238 g/mol. The Bertz CT molecular complexity index is 608. The second kappa shape index (κ2) is 3.94. The minimum atomic E-state index is -3.03. The maximum atomic E-state index is 11.5. The first-order valence-electron chi connectivity index (χ1n) is 5.20. The van der Waals surface area contributed by atoms with Crippen molar-refractivity contribution in [2.75, 3.05) is 5.75 Å². The molecule has 0 bridgehead atoms. The highest BCUT2D eigenvalue weighted by Crippen LogP contribution is 2.23. The van der Waals surface area contributed by atoms with E-state index in [1.807, 2.05) is 25.1 Å². The Labute approximate surface area is 95.0 Å². The zero-order chi connectivity index (χ0) is 11.8. The molecule has 0 aliphatic heterocycles. The van der Waals surface area contributed by atoms with Crippen LogP contribution in [0.3, 0.4) is 0 Å². The maximum Gasteiger partial charge on any atom is 0.157 e. The third kappa shape index (κ3) is 2.11. The standard InChI is InChI=1S/C12H14O3S/c1-3-16(13,14)8-11-7-10-6-4-5-9(2)12(10)15-11/h4-7H,3,8H2,1-2H3. The van der Waals surface area contributed by atoms with Gasteiger partial charge in [-0.05, 0) is 18.6 Å². The van der Waals surface area contributed by atoms with E-state index in [1.54, 1.807) is 13.0 Å². The number of rotatable bonds is 3. The van der Waals surface area contributed by atoms with Crippen LogP contribution in [-0.2, 0) is 15.6 Å². The highest BCUT2D eigenvalue weighted by Gasteiger charge is 2.13. The van der Waals surface area contributed by atoms with Crippen LogP contribution in [0.5, 0.6) is 0 Å². The Balaban J connectivity index is 2.45. The molecule has 0 amide bonds. The summed E-state index contributed by atoms with van der Waals surface area (Å²) >= 11 is 0. The van der Waals surface area contributed by atoms with Crippen LogP contribution in [0, 0.1) is 6.92 Å². The van der Waals surface area contributed by atoms with Crippen molar-refractivity contribution in [1.82, 2.24) is 0 Å². The van der Waals surface area contributed by atoms with Gasteiger partial charge in [-0.3, -0.25) is 0 Å². The lowest BCUT2D eigenvalue weighted by molar-refractivity contribution is 0.553. The molecule has 0 atom stereocenters. The number of para-hydroxylation sites is 1. The van der Waals surface area contributed by atoms with Gasteiger partial charge in [0, 0.05) is 11.1 Å². The molecule has 4 heteroatoms. The first kappa shape index (κ1) is 11.2. The van der Waals surface area contributed by atoms with E-state index in [1.165, 1.54) is 0 Å². The van der Waals surface area contributed by atoms with Gasteiger partial charge in [0.25, 0.3) is 0 Å². The van der Waals surface area contributed by atoms with Gasteiger partial charge in [-0.15, -0.1) is 0 Å². The van der Waals surface area contributed by atoms with Crippen LogP contribution in [0.2, 0.25) is 0 Å². The van der Waals surface area contributed by atoms with Crippen molar-refractivity contribution < 1.29 is 12.8 Å². The molecule has 0 radical (unpaired) electrons. The number of hydrogen-bond acceptors (Lipinski definition) is 3. The Morgan fingerprint density at radius 3 is 2.69 bits per heavy atom. The molecule has 0 N–H and O–H groups in total. The van der Waals surface area contributed by atoms with E-state index in [2.05, 4.69) is 0 Å². The van der Waals surface area contributed by atoms with Crippen LogP contribution < -0.4 is 0 Å². The molecular weight excluding hydrogens is 224 g/mol. The van der Waals surface area contributed by atoms with Crippen LogP contribution in [-0.4, -0.2) is 14.2 Å². The van der Waals surface area contributed by atoms with Gasteiger partial charge in [0.2, 0.25) is 0 Å². The summed E-state index contributed by atoms with van der Waals surface area (Å²) in [4.78, 5) is 0. The summed E-state index contributed by atoms with van der Waals surface area (Å²) in [5, 5.41) is 0.960. The Hall–Kier alpha value is -1.29. The number of sulfone groups is 1. The van der Waals surface area contributed by atoms with Crippen LogP contribution in [0.4, 0.5) is 0 Å². The summed E-state index contributed by atoms with van der Waals surface area (Å²) in [6.07, 6.45) is 0. The average molecular weight is 238 g/mol. The topological polar surface area (TPSA) is 47.3 Å². The molecule has 2 aromatic rings. The highest BCUT2D eigenvalue weighted by atomic mass is 32.2. The van der Waals surface area contributed by atoms with Crippen molar-refractivity contribution in [2.24, 2.45) is 0 Å². The van der Waals surface area contributed by atoms with Crippen molar-refractivity contribution >= 4 is 20.8 Å². The predicted octanol–water partition coefficient (Wildman–Crippen LogP) is 2.68. The molecule has 3 nitrogen and oxygen atoms in total. The molecule has 0 spiro atoms. The first-order chi connectivity index (χ1) is 7.52. The second-order valence-electron chi connectivity index (χ2n) is 3.88. The second-order valence-corrected chi connectivity index (χ2v) is 6.24. The molecule has 2 rings (SSSR count). The lowest BCUT2D eigenvalue weighted by Gasteiger charge is -1.96. The van der Waals surface area contributed by atoms with Crippen molar-refractivity contribution in [3.8, 4) is 0 Å². The molecule has 1 heterocycles. The molecule has 0 aliphatic carbocycles. The normalized spacial score (nSPS) is 12.1. The Morgan fingerprint density at radius 1 is 1.31 bits per heavy atom. The van der Waals surface area contributed by atoms with Gasteiger partial charge in [0.05, 0.1) is 0 Å². The summed E-state index contributed by atoms with van der Waals surface area (Å²) < 4.78 is 28.5. The number of furan rings is 1. The van der Waals surface area contributed by atoms with Gasteiger partial charge in [-0.1, -0.05) is 25.1 Å². The van der Waals surface area contributed by atoms with Gasteiger partial charge < -0.3 is 4.42 Å². The molecule has 1 aromatic carbocycles. The predicted molar refractivity (Wildman–Crippen MR) is 64.1 cm³/mol. The molecule has 16 heavy (non-hydrogen) atoms. The number of benzene rings is 1. The summed E-state index contributed by atoms with van der Waals surface area (Å²) in [6, 6.07) is 7.61. The Kier molecular flexibility index (Phi) is 2.76. The van der Waals surface area contributed by atoms with E-state index in [0.717, 1.165) is 16.5 Å². The van der Waals surface area contributed by atoms with E-state index in [4.69, 9.17) is 4.42 Å². The average Bonchev–Trinajstić information content (AvgIpc) is 2.61. The lowest BCUT2D eigenvalue weighted by atomic mass is 10.2. The fraction of sp³-hybridized carbons (Fsp3) is 0.333. The van der Waals surface area contributed by atoms with Crippen LogP contribution in [0.15, 0.2) is 28.7 Å². The zero-order valence-corrected chi connectivity index (χ0v) is 10.2. The molecule has 0 aliphatic rings. The van der Waals surface area contributed by atoms with Gasteiger partial charge >= 0.3 is 0 Å². The molecule has 0 saturated carbocycles. The fourth-order valence-electron chi connectivity index (χ4n) is 1.65. The number of aryl methyl sites for hydroxylation is 1. The van der Waals surface area contributed by atoms with Crippen LogP contribution >= 0.6 is 0 Å². The van der Waals surface area contributed by atoms with Crippen molar-refractivity contribution in [2.45, 2.75) is 19.6 Å². The molecule has 1 aromatic heterocycles. The van der Waals surface area contributed by atoms with Crippen LogP contribution in [0.25, 0.3) is 11.0 Å². The van der Waals surface area contributed by atoms with E-state index < -0.39 is 9.84 Å². The third-order valence-electron chi connectivity index (χ3n) is 2.59.